The van der Waals surface area contributed by atoms with Gasteiger partial charge in [-0.1, -0.05) is 0 Å². The van der Waals surface area contributed by atoms with Crippen molar-refractivity contribution < 1.29 is 0 Å². The van der Waals surface area contributed by atoms with Gasteiger partial charge in [0.2, 0.25) is 0 Å². The first kappa shape index (κ1) is 9.40. The van der Waals surface area contributed by atoms with Gasteiger partial charge in [-0.2, -0.15) is 5.10 Å². The third-order valence-electron chi connectivity index (χ3n) is 1.87. The molecule has 72 valence electrons. The summed E-state index contributed by atoms with van der Waals surface area (Å²) in [5.74, 6) is 0. The summed E-state index contributed by atoms with van der Waals surface area (Å²) in [4.78, 5) is 4.10. The van der Waals surface area contributed by atoms with Gasteiger partial charge in [-0.25, -0.2) is 0 Å². The van der Waals surface area contributed by atoms with Crippen molar-refractivity contribution >= 4 is 15.9 Å². The number of hydrogen-bond acceptors (Lipinski definition) is 2. The molecule has 0 N–H and O–H groups in total. The molecule has 0 saturated heterocycles. The number of aromatic nitrogens is 3. The molecule has 0 spiro atoms. The van der Waals surface area contributed by atoms with E-state index in [1.165, 1.54) is 5.56 Å². The first-order valence-electron chi connectivity index (χ1n) is 4.32. The average Bonchev–Trinajstić information content (AvgIpc) is 2.51. The molecule has 0 aliphatic carbocycles. The van der Waals surface area contributed by atoms with Crippen molar-refractivity contribution in [1.29, 1.82) is 0 Å². The summed E-state index contributed by atoms with van der Waals surface area (Å²) in [7, 11) is 0. The molecule has 4 heteroatoms. The van der Waals surface area contributed by atoms with Crippen LogP contribution in [0.5, 0.6) is 0 Å². The van der Waals surface area contributed by atoms with E-state index < -0.39 is 0 Å². The van der Waals surface area contributed by atoms with Crippen LogP contribution in [0.15, 0.2) is 35.3 Å². The lowest BCUT2D eigenvalue weighted by Gasteiger charge is -2.01. The fraction of sp³-hybridized carbons (Fsp3) is 0.200. The molecule has 2 aromatic heterocycles. The quantitative estimate of drug-likeness (QED) is 0.821. The van der Waals surface area contributed by atoms with Gasteiger partial charge in [-0.05, 0) is 40.0 Å². The topological polar surface area (TPSA) is 30.7 Å². The van der Waals surface area contributed by atoms with Crippen molar-refractivity contribution in [3.05, 3.63) is 46.5 Å². The van der Waals surface area contributed by atoms with Crippen LogP contribution >= 0.6 is 15.9 Å². The zero-order chi connectivity index (χ0) is 9.97. The molecule has 0 aliphatic heterocycles. The van der Waals surface area contributed by atoms with Crippen LogP contribution in [-0.4, -0.2) is 14.8 Å². The van der Waals surface area contributed by atoms with Gasteiger partial charge in [0.1, 0.15) is 0 Å². The van der Waals surface area contributed by atoms with Gasteiger partial charge in [0.05, 0.1) is 12.7 Å². The van der Waals surface area contributed by atoms with Crippen LogP contribution in [0.3, 0.4) is 0 Å². The molecule has 2 rings (SSSR count). The number of aryl methyl sites for hydroxylation is 1. The van der Waals surface area contributed by atoms with E-state index >= 15 is 0 Å². The zero-order valence-corrected chi connectivity index (χ0v) is 9.40. The van der Waals surface area contributed by atoms with Crippen LogP contribution in [0.4, 0.5) is 0 Å². The van der Waals surface area contributed by atoms with E-state index in [0.29, 0.717) is 0 Å². The van der Waals surface area contributed by atoms with E-state index in [2.05, 4.69) is 26.0 Å². The van der Waals surface area contributed by atoms with Crippen LogP contribution in [0.2, 0.25) is 0 Å². The van der Waals surface area contributed by atoms with Gasteiger partial charge in [0, 0.05) is 23.1 Å². The Bertz CT molecular complexity index is 436. The molecule has 0 amide bonds. The lowest BCUT2D eigenvalue weighted by molar-refractivity contribution is 0.684. The summed E-state index contributed by atoms with van der Waals surface area (Å²) in [5.41, 5.74) is 2.32. The summed E-state index contributed by atoms with van der Waals surface area (Å²) in [6, 6.07) is 2.05. The van der Waals surface area contributed by atoms with E-state index in [9.17, 15) is 0 Å². The molecule has 0 saturated carbocycles. The highest BCUT2D eigenvalue weighted by Gasteiger charge is 1.97. The smallest absolute Gasteiger partial charge is 0.0674 e. The Morgan fingerprint density at radius 2 is 2.21 bits per heavy atom. The second-order valence-electron chi connectivity index (χ2n) is 3.23. The summed E-state index contributed by atoms with van der Waals surface area (Å²) < 4.78 is 2.90. The van der Waals surface area contributed by atoms with Gasteiger partial charge >= 0.3 is 0 Å². The highest BCUT2D eigenvalue weighted by molar-refractivity contribution is 9.10. The molecule has 0 fully saturated rings. The maximum absolute atomic E-state index is 4.21. The summed E-state index contributed by atoms with van der Waals surface area (Å²) in [6.07, 6.45) is 7.49. The predicted octanol–water partition coefficient (Wildman–Crippen LogP) is 2.40. The molecule has 0 atom stereocenters. The second kappa shape index (κ2) is 3.92. The van der Waals surface area contributed by atoms with Gasteiger partial charge < -0.3 is 0 Å². The van der Waals surface area contributed by atoms with Gasteiger partial charge in [0.15, 0.2) is 0 Å². The normalized spacial score (nSPS) is 10.4. The van der Waals surface area contributed by atoms with Crippen LogP contribution in [0.25, 0.3) is 0 Å². The van der Waals surface area contributed by atoms with E-state index in [0.717, 1.165) is 16.6 Å². The van der Waals surface area contributed by atoms with Gasteiger partial charge in [0.25, 0.3) is 0 Å². The second-order valence-corrected chi connectivity index (χ2v) is 4.14. The number of pyridine rings is 1. The van der Waals surface area contributed by atoms with E-state index in [1.807, 2.05) is 36.3 Å². The minimum absolute atomic E-state index is 0.764. The Morgan fingerprint density at radius 3 is 2.86 bits per heavy atom. The highest BCUT2D eigenvalue weighted by Crippen LogP contribution is 2.10. The number of halogens is 1. The summed E-state index contributed by atoms with van der Waals surface area (Å²) in [6.45, 7) is 2.79. The molecular weight excluding hydrogens is 242 g/mol. The predicted molar refractivity (Wildman–Crippen MR) is 58.0 cm³/mol. The van der Waals surface area contributed by atoms with Crippen LogP contribution < -0.4 is 0 Å². The lowest BCUT2D eigenvalue weighted by Crippen LogP contribution is -2.00. The largest absolute Gasteiger partial charge is 0.268 e. The zero-order valence-electron chi connectivity index (χ0n) is 7.81. The Labute approximate surface area is 90.9 Å². The fourth-order valence-electron chi connectivity index (χ4n) is 1.28. The Hall–Kier alpha value is -1.16. The average molecular weight is 252 g/mol. The SMILES string of the molecule is Cc1cnn(Cc2cncc(Br)c2)c1. The van der Waals surface area contributed by atoms with E-state index in [1.54, 1.807) is 6.20 Å². The third kappa shape index (κ3) is 2.20. The molecule has 0 unspecified atom stereocenters. The molecule has 0 aliphatic rings. The van der Waals surface area contributed by atoms with Crippen LogP contribution in [-0.2, 0) is 6.54 Å². The molecule has 2 aromatic rings. The molecule has 3 nitrogen and oxygen atoms in total. The van der Waals surface area contributed by atoms with Gasteiger partial charge in [-0.3, -0.25) is 9.67 Å². The first-order valence-corrected chi connectivity index (χ1v) is 5.12. The van der Waals surface area contributed by atoms with Crippen LogP contribution in [0, 0.1) is 6.92 Å². The maximum Gasteiger partial charge on any atom is 0.0674 e. The van der Waals surface area contributed by atoms with Crippen molar-refractivity contribution in [2.45, 2.75) is 13.5 Å². The molecular formula is C10H10BrN3. The van der Waals surface area contributed by atoms with Gasteiger partial charge in [-0.15, -0.1) is 0 Å². The fourth-order valence-corrected chi connectivity index (χ4v) is 1.70. The van der Waals surface area contributed by atoms with Crippen molar-refractivity contribution in [3.63, 3.8) is 0 Å². The third-order valence-corrected chi connectivity index (χ3v) is 2.30. The molecule has 0 radical (unpaired) electrons. The Balaban J connectivity index is 2.18. The molecule has 2 heterocycles. The minimum atomic E-state index is 0.764. The molecule has 14 heavy (non-hydrogen) atoms. The Kier molecular flexibility index (Phi) is 2.63. The van der Waals surface area contributed by atoms with Crippen molar-refractivity contribution in [2.75, 3.05) is 0 Å². The number of rotatable bonds is 2. The van der Waals surface area contributed by atoms with E-state index in [4.69, 9.17) is 0 Å². The van der Waals surface area contributed by atoms with Crippen molar-refractivity contribution in [3.8, 4) is 0 Å². The Morgan fingerprint density at radius 1 is 1.36 bits per heavy atom. The molecule has 0 aromatic carbocycles. The summed E-state index contributed by atoms with van der Waals surface area (Å²) >= 11 is 3.39. The minimum Gasteiger partial charge on any atom is -0.268 e. The maximum atomic E-state index is 4.21. The van der Waals surface area contributed by atoms with Crippen LogP contribution in [0.1, 0.15) is 11.1 Å². The van der Waals surface area contributed by atoms with E-state index in [-0.39, 0.29) is 0 Å². The standard InChI is InChI=1S/C10H10BrN3/c1-8-3-13-14(6-8)7-9-2-10(11)5-12-4-9/h2-6H,7H2,1H3. The lowest BCUT2D eigenvalue weighted by atomic mass is 10.3. The molecule has 0 bridgehead atoms. The summed E-state index contributed by atoms with van der Waals surface area (Å²) in [5, 5.41) is 4.21. The monoisotopic (exact) mass is 251 g/mol. The highest BCUT2D eigenvalue weighted by atomic mass is 79.9. The first-order chi connectivity index (χ1) is 6.74. The van der Waals surface area contributed by atoms with Crippen molar-refractivity contribution in [1.82, 2.24) is 14.8 Å². The van der Waals surface area contributed by atoms with Crippen molar-refractivity contribution in [2.24, 2.45) is 0 Å². The number of hydrogen-bond donors (Lipinski definition) is 0. The number of nitrogens with zero attached hydrogens (tertiary/aromatic N) is 3.